The van der Waals surface area contributed by atoms with Crippen LogP contribution >= 0.6 is 12.2 Å². The van der Waals surface area contributed by atoms with Gasteiger partial charge in [-0.15, -0.1) is 0 Å². The molecule has 0 atom stereocenters. The lowest BCUT2D eigenvalue weighted by molar-refractivity contribution is 1.18. The highest BCUT2D eigenvalue weighted by molar-refractivity contribution is 7.80. The van der Waals surface area contributed by atoms with E-state index in [1.807, 2.05) is 84.6 Å². The van der Waals surface area contributed by atoms with Gasteiger partial charge in [-0.25, -0.2) is 0 Å². The van der Waals surface area contributed by atoms with Crippen LogP contribution in [0.15, 0.2) is 109 Å². The van der Waals surface area contributed by atoms with E-state index < -0.39 is 0 Å². The number of benzene rings is 4. The second-order valence-electron chi connectivity index (χ2n) is 7.48. The van der Waals surface area contributed by atoms with Gasteiger partial charge < -0.3 is 20.4 Å². The Bertz CT molecular complexity index is 1050. The van der Waals surface area contributed by atoms with Crippen molar-refractivity contribution in [2.45, 2.75) is 0 Å². The fraction of sp³-hybridized carbons (Fsp3) is 0.0741. The molecule has 0 fully saturated rings. The summed E-state index contributed by atoms with van der Waals surface area (Å²) in [4.78, 5) is 4.02. The minimum atomic E-state index is 0.720. The Morgan fingerprint density at radius 3 is 1.16 bits per heavy atom. The van der Waals surface area contributed by atoms with Crippen molar-refractivity contribution in [1.29, 1.82) is 0 Å². The van der Waals surface area contributed by atoms with Crippen LogP contribution in [0.4, 0.5) is 34.1 Å². The summed E-state index contributed by atoms with van der Waals surface area (Å²) in [5, 5.41) is 7.53. The van der Waals surface area contributed by atoms with Gasteiger partial charge in [-0.05, 0) is 85.0 Å². The molecule has 0 saturated heterocycles. The van der Waals surface area contributed by atoms with Gasteiger partial charge in [-0.2, -0.15) is 0 Å². The topological polar surface area (TPSA) is 30.5 Å². The molecule has 0 bridgehead atoms. The Hall–Kier alpha value is -3.83. The zero-order valence-electron chi connectivity index (χ0n) is 18.2. The van der Waals surface area contributed by atoms with Gasteiger partial charge in [-0.1, -0.05) is 36.4 Å². The van der Waals surface area contributed by atoms with Gasteiger partial charge in [0.15, 0.2) is 5.11 Å². The Morgan fingerprint density at radius 1 is 0.500 bits per heavy atom. The van der Waals surface area contributed by atoms with E-state index in [0.717, 1.165) is 39.2 Å². The molecule has 0 aliphatic heterocycles. The van der Waals surface area contributed by atoms with E-state index in [0.29, 0.717) is 0 Å². The Labute approximate surface area is 195 Å². The number of thiocarbonyl (C=S) groups is 1. The minimum absolute atomic E-state index is 0.720. The minimum Gasteiger partial charge on any atom is -0.356 e. The first-order valence-corrected chi connectivity index (χ1v) is 10.9. The molecule has 5 heteroatoms. The third-order valence-corrected chi connectivity index (χ3v) is 5.76. The average molecular weight is 439 g/mol. The highest BCUT2D eigenvalue weighted by Gasteiger charge is 2.13. The van der Waals surface area contributed by atoms with Crippen molar-refractivity contribution < 1.29 is 0 Å². The van der Waals surface area contributed by atoms with Crippen LogP contribution in [0.3, 0.4) is 0 Å². The SMILES string of the molecule is CN(C(=S)N(C)c1ccc(Nc2ccccc2)cc1)c1ccc(Nc2ccccc2)cc1. The third-order valence-electron chi connectivity index (χ3n) is 5.21. The summed E-state index contributed by atoms with van der Waals surface area (Å²) < 4.78 is 0. The number of nitrogens with zero attached hydrogens (tertiary/aromatic N) is 2. The predicted molar refractivity (Wildman–Crippen MR) is 142 cm³/mol. The van der Waals surface area contributed by atoms with Crippen LogP contribution in [0.25, 0.3) is 0 Å². The van der Waals surface area contributed by atoms with Crippen molar-refractivity contribution in [1.82, 2.24) is 0 Å². The molecule has 4 aromatic carbocycles. The zero-order valence-corrected chi connectivity index (χ0v) is 19.0. The maximum atomic E-state index is 5.76. The monoisotopic (exact) mass is 438 g/mol. The van der Waals surface area contributed by atoms with Crippen molar-refractivity contribution >= 4 is 51.5 Å². The molecule has 0 aromatic heterocycles. The molecule has 0 radical (unpaired) electrons. The van der Waals surface area contributed by atoms with Crippen LogP contribution in [0.5, 0.6) is 0 Å². The Morgan fingerprint density at radius 2 is 0.812 bits per heavy atom. The van der Waals surface area contributed by atoms with Gasteiger partial charge >= 0.3 is 0 Å². The summed E-state index contributed by atoms with van der Waals surface area (Å²) in [6.45, 7) is 0. The number of hydrogen-bond acceptors (Lipinski definition) is 3. The molecule has 0 amide bonds. The van der Waals surface area contributed by atoms with Crippen molar-refractivity contribution in [3.05, 3.63) is 109 Å². The van der Waals surface area contributed by atoms with Crippen molar-refractivity contribution in [2.75, 3.05) is 34.5 Å². The molecule has 0 saturated carbocycles. The molecule has 4 rings (SSSR count). The van der Waals surface area contributed by atoms with Gasteiger partial charge in [0.1, 0.15) is 0 Å². The normalized spacial score (nSPS) is 10.3. The van der Waals surface area contributed by atoms with E-state index >= 15 is 0 Å². The van der Waals surface area contributed by atoms with Gasteiger partial charge in [0, 0.05) is 48.2 Å². The molecule has 2 N–H and O–H groups in total. The molecule has 0 spiro atoms. The highest BCUT2D eigenvalue weighted by Crippen LogP contribution is 2.24. The van der Waals surface area contributed by atoms with Gasteiger partial charge in [0.2, 0.25) is 0 Å². The molecule has 4 nitrogen and oxygen atoms in total. The molecule has 0 aliphatic rings. The van der Waals surface area contributed by atoms with Crippen molar-refractivity contribution in [2.24, 2.45) is 0 Å². The summed E-state index contributed by atoms with van der Waals surface area (Å²) in [6.07, 6.45) is 0. The number of para-hydroxylation sites is 2. The predicted octanol–water partition coefficient (Wildman–Crippen LogP) is 7.03. The quantitative estimate of drug-likeness (QED) is 0.316. The van der Waals surface area contributed by atoms with Crippen molar-refractivity contribution in [3.8, 4) is 0 Å². The first-order valence-electron chi connectivity index (χ1n) is 10.5. The van der Waals surface area contributed by atoms with E-state index in [2.05, 4.69) is 59.2 Å². The molecule has 4 aromatic rings. The molecule has 0 unspecified atom stereocenters. The van der Waals surface area contributed by atoms with Crippen LogP contribution in [0.2, 0.25) is 0 Å². The number of hydrogen-bond donors (Lipinski definition) is 2. The molecule has 32 heavy (non-hydrogen) atoms. The fourth-order valence-corrected chi connectivity index (χ4v) is 3.57. The maximum Gasteiger partial charge on any atom is 0.180 e. The Balaban J connectivity index is 1.39. The lowest BCUT2D eigenvalue weighted by Crippen LogP contribution is -2.38. The fourth-order valence-electron chi connectivity index (χ4n) is 3.36. The van der Waals surface area contributed by atoms with Gasteiger partial charge in [0.25, 0.3) is 0 Å². The number of nitrogens with one attached hydrogen (secondary N) is 2. The standard InChI is InChI=1S/C27H26N4S/c1-30(25-17-13-23(14-18-25)28-21-9-5-3-6-10-21)27(32)31(2)26-19-15-24(16-20-26)29-22-11-7-4-8-12-22/h3-20,28-29H,1-2H3. The summed E-state index contributed by atoms with van der Waals surface area (Å²) in [7, 11) is 3.98. The van der Waals surface area contributed by atoms with E-state index in [-0.39, 0.29) is 0 Å². The van der Waals surface area contributed by atoms with Crippen LogP contribution in [0, 0.1) is 0 Å². The molecule has 160 valence electrons. The Kier molecular flexibility index (Phi) is 6.68. The van der Waals surface area contributed by atoms with E-state index in [1.165, 1.54) is 0 Å². The van der Waals surface area contributed by atoms with Crippen LogP contribution in [0.1, 0.15) is 0 Å². The highest BCUT2D eigenvalue weighted by atomic mass is 32.1. The van der Waals surface area contributed by atoms with Gasteiger partial charge in [0.05, 0.1) is 0 Å². The summed E-state index contributed by atoms with van der Waals surface area (Å²) >= 11 is 5.76. The smallest absolute Gasteiger partial charge is 0.180 e. The number of rotatable bonds is 6. The van der Waals surface area contributed by atoms with Crippen molar-refractivity contribution in [3.63, 3.8) is 0 Å². The lowest BCUT2D eigenvalue weighted by Gasteiger charge is -2.28. The molecular weight excluding hydrogens is 412 g/mol. The van der Waals surface area contributed by atoms with E-state index in [1.54, 1.807) is 0 Å². The number of anilines is 6. The second kappa shape index (κ2) is 9.98. The molecular formula is C27H26N4S. The second-order valence-corrected chi connectivity index (χ2v) is 7.84. The van der Waals surface area contributed by atoms with Gasteiger partial charge in [-0.3, -0.25) is 0 Å². The summed E-state index contributed by atoms with van der Waals surface area (Å²) in [6, 6.07) is 36.8. The summed E-state index contributed by atoms with van der Waals surface area (Å²) in [5.41, 5.74) is 6.26. The van der Waals surface area contributed by atoms with E-state index in [9.17, 15) is 0 Å². The zero-order chi connectivity index (χ0) is 22.3. The maximum absolute atomic E-state index is 5.76. The lowest BCUT2D eigenvalue weighted by atomic mass is 10.2. The summed E-state index contributed by atoms with van der Waals surface area (Å²) in [5.74, 6) is 0. The largest absolute Gasteiger partial charge is 0.356 e. The molecule has 0 aliphatic carbocycles. The van der Waals surface area contributed by atoms with Crippen LogP contribution in [-0.2, 0) is 0 Å². The van der Waals surface area contributed by atoms with E-state index in [4.69, 9.17) is 12.2 Å². The first-order chi connectivity index (χ1) is 15.6. The molecule has 0 heterocycles. The first kappa shape index (κ1) is 21.4. The third kappa shape index (κ3) is 5.25. The van der Waals surface area contributed by atoms with Crippen LogP contribution < -0.4 is 20.4 Å². The average Bonchev–Trinajstić information content (AvgIpc) is 2.85. The van der Waals surface area contributed by atoms with Crippen LogP contribution in [-0.4, -0.2) is 19.2 Å².